The maximum Gasteiger partial charge on any atom is 0.340 e. The molecule has 3 aromatic rings. The molecule has 0 saturated heterocycles. The van der Waals surface area contributed by atoms with Crippen LogP contribution in [0.1, 0.15) is 23.6 Å². The Kier molecular flexibility index (Phi) is 6.41. The molecule has 0 fully saturated rings. The Morgan fingerprint density at radius 3 is 2.33 bits per heavy atom. The summed E-state index contributed by atoms with van der Waals surface area (Å²) in [4.78, 5) is 27.5. The van der Waals surface area contributed by atoms with Crippen LogP contribution in [0.3, 0.4) is 0 Å². The van der Waals surface area contributed by atoms with Gasteiger partial charge in [0, 0.05) is 11.4 Å². The number of anilines is 1. The number of rotatable bonds is 6. The number of ether oxygens (including phenoxy) is 2. The average Bonchev–Trinajstić information content (AvgIpc) is 3.08. The SMILES string of the molecule is COC(=O)C1=C(C)N(c2cccc(C)c2)C(=O)/C1=C\c1ccc(OCc2ccccc2)cc1. The Morgan fingerprint density at radius 1 is 0.939 bits per heavy atom. The zero-order valence-corrected chi connectivity index (χ0v) is 18.9. The van der Waals surface area contributed by atoms with E-state index >= 15 is 0 Å². The number of methoxy groups -OCH3 is 1. The summed E-state index contributed by atoms with van der Waals surface area (Å²) in [5.41, 5.74) is 4.73. The molecule has 5 nitrogen and oxygen atoms in total. The molecular weight excluding hydrogens is 414 g/mol. The van der Waals surface area contributed by atoms with Gasteiger partial charge in [0.25, 0.3) is 5.91 Å². The first kappa shape index (κ1) is 22.1. The molecule has 4 rings (SSSR count). The quantitative estimate of drug-likeness (QED) is 0.379. The molecule has 3 aromatic carbocycles. The third-order valence-electron chi connectivity index (χ3n) is 5.49. The second kappa shape index (κ2) is 9.57. The molecule has 0 bridgehead atoms. The zero-order chi connectivity index (χ0) is 23.4. The van der Waals surface area contributed by atoms with E-state index in [2.05, 4.69) is 0 Å². The molecular formula is C28H25NO4. The highest BCUT2D eigenvalue weighted by atomic mass is 16.5. The summed E-state index contributed by atoms with van der Waals surface area (Å²) in [6, 6.07) is 25.0. The number of carbonyl (C=O) groups excluding carboxylic acids is 2. The van der Waals surface area contributed by atoms with Crippen molar-refractivity contribution >= 4 is 23.6 Å². The Morgan fingerprint density at radius 2 is 1.67 bits per heavy atom. The van der Waals surface area contributed by atoms with Crippen molar-refractivity contribution < 1.29 is 19.1 Å². The summed E-state index contributed by atoms with van der Waals surface area (Å²) in [6.45, 7) is 4.19. The molecule has 33 heavy (non-hydrogen) atoms. The predicted molar refractivity (Wildman–Crippen MR) is 129 cm³/mol. The lowest BCUT2D eigenvalue weighted by molar-refractivity contribution is -0.136. The maximum absolute atomic E-state index is 13.4. The molecule has 0 atom stereocenters. The number of nitrogens with zero attached hydrogens (tertiary/aromatic N) is 1. The van der Waals surface area contributed by atoms with Crippen LogP contribution in [-0.2, 0) is 20.9 Å². The summed E-state index contributed by atoms with van der Waals surface area (Å²) in [5, 5.41) is 0. The molecule has 0 unspecified atom stereocenters. The van der Waals surface area contributed by atoms with Gasteiger partial charge in [-0.05, 0) is 60.9 Å². The van der Waals surface area contributed by atoms with Crippen molar-refractivity contribution in [2.24, 2.45) is 0 Å². The van der Waals surface area contributed by atoms with E-state index in [1.807, 2.05) is 85.8 Å². The van der Waals surface area contributed by atoms with Crippen LogP contribution in [0, 0.1) is 6.92 Å². The summed E-state index contributed by atoms with van der Waals surface area (Å²) < 4.78 is 10.8. The Balaban J connectivity index is 1.61. The normalized spacial score (nSPS) is 14.7. The van der Waals surface area contributed by atoms with E-state index in [9.17, 15) is 9.59 Å². The first-order chi connectivity index (χ1) is 16.0. The molecule has 1 heterocycles. The number of allylic oxidation sites excluding steroid dienone is 1. The van der Waals surface area contributed by atoms with Gasteiger partial charge >= 0.3 is 5.97 Å². The number of carbonyl (C=O) groups is 2. The first-order valence-corrected chi connectivity index (χ1v) is 10.7. The Hall–Kier alpha value is -4.12. The van der Waals surface area contributed by atoms with Crippen LogP contribution in [0.15, 0.2) is 95.7 Å². The van der Waals surface area contributed by atoms with E-state index in [0.717, 1.165) is 22.4 Å². The molecule has 166 valence electrons. The van der Waals surface area contributed by atoms with E-state index in [-0.39, 0.29) is 11.5 Å². The van der Waals surface area contributed by atoms with Crippen LogP contribution in [0.4, 0.5) is 5.69 Å². The van der Waals surface area contributed by atoms with Crippen LogP contribution < -0.4 is 9.64 Å². The smallest absolute Gasteiger partial charge is 0.340 e. The Labute approximate surface area is 193 Å². The van der Waals surface area contributed by atoms with Gasteiger partial charge in [0.1, 0.15) is 12.4 Å². The van der Waals surface area contributed by atoms with Gasteiger partial charge in [-0.2, -0.15) is 0 Å². The molecule has 0 saturated carbocycles. The standard InChI is InChI=1S/C28H25NO4/c1-19-8-7-11-23(16-19)29-20(2)26(28(31)32-3)25(27(29)30)17-21-12-14-24(15-13-21)33-18-22-9-5-4-6-10-22/h4-17H,18H2,1-3H3/b25-17-. The first-order valence-electron chi connectivity index (χ1n) is 10.7. The van der Waals surface area contributed by atoms with E-state index < -0.39 is 5.97 Å². The molecule has 1 aliphatic heterocycles. The minimum absolute atomic E-state index is 0.261. The zero-order valence-electron chi connectivity index (χ0n) is 18.9. The number of benzene rings is 3. The van der Waals surface area contributed by atoms with Gasteiger partial charge in [-0.3, -0.25) is 9.69 Å². The van der Waals surface area contributed by atoms with Gasteiger partial charge < -0.3 is 9.47 Å². The fourth-order valence-corrected chi connectivity index (χ4v) is 3.83. The second-order valence-corrected chi connectivity index (χ2v) is 7.83. The largest absolute Gasteiger partial charge is 0.489 e. The summed E-state index contributed by atoms with van der Waals surface area (Å²) in [7, 11) is 1.32. The monoisotopic (exact) mass is 439 g/mol. The van der Waals surface area contributed by atoms with Crippen LogP contribution >= 0.6 is 0 Å². The number of esters is 1. The highest BCUT2D eigenvalue weighted by molar-refractivity contribution is 6.23. The van der Waals surface area contributed by atoms with Gasteiger partial charge in [-0.15, -0.1) is 0 Å². The van der Waals surface area contributed by atoms with E-state index in [1.165, 1.54) is 7.11 Å². The Bertz CT molecular complexity index is 1240. The lowest BCUT2D eigenvalue weighted by Crippen LogP contribution is -2.24. The van der Waals surface area contributed by atoms with Crippen LogP contribution in [0.5, 0.6) is 5.75 Å². The maximum atomic E-state index is 13.4. The molecule has 5 heteroatoms. The molecule has 0 aromatic heterocycles. The second-order valence-electron chi connectivity index (χ2n) is 7.83. The number of hydrogen-bond acceptors (Lipinski definition) is 4. The molecule has 0 aliphatic carbocycles. The van der Waals surface area contributed by atoms with Crippen LogP contribution in [-0.4, -0.2) is 19.0 Å². The number of hydrogen-bond donors (Lipinski definition) is 0. The van der Waals surface area contributed by atoms with Gasteiger partial charge in [0.2, 0.25) is 0 Å². The molecule has 0 radical (unpaired) electrons. The van der Waals surface area contributed by atoms with Gasteiger partial charge in [-0.25, -0.2) is 4.79 Å². The molecule has 0 N–H and O–H groups in total. The summed E-state index contributed by atoms with van der Waals surface area (Å²) in [5.74, 6) is -0.0759. The third kappa shape index (κ3) is 4.72. The van der Waals surface area contributed by atoms with E-state index in [0.29, 0.717) is 23.6 Å². The van der Waals surface area contributed by atoms with Gasteiger partial charge in [0.05, 0.1) is 18.3 Å². The minimum atomic E-state index is -0.537. The van der Waals surface area contributed by atoms with Crippen molar-refractivity contribution in [1.29, 1.82) is 0 Å². The molecule has 0 spiro atoms. The topological polar surface area (TPSA) is 55.8 Å². The van der Waals surface area contributed by atoms with Crippen molar-refractivity contribution in [2.45, 2.75) is 20.5 Å². The molecule has 1 aliphatic rings. The van der Waals surface area contributed by atoms with Crippen molar-refractivity contribution in [3.05, 3.63) is 112 Å². The van der Waals surface area contributed by atoms with Crippen molar-refractivity contribution in [3.63, 3.8) is 0 Å². The molecule has 1 amide bonds. The van der Waals surface area contributed by atoms with Crippen molar-refractivity contribution in [2.75, 3.05) is 12.0 Å². The van der Waals surface area contributed by atoms with E-state index in [4.69, 9.17) is 9.47 Å². The van der Waals surface area contributed by atoms with Crippen molar-refractivity contribution in [3.8, 4) is 5.75 Å². The fourth-order valence-electron chi connectivity index (χ4n) is 3.83. The lowest BCUT2D eigenvalue weighted by atomic mass is 10.0. The average molecular weight is 440 g/mol. The van der Waals surface area contributed by atoms with Gasteiger partial charge in [-0.1, -0.05) is 54.6 Å². The predicted octanol–water partition coefficient (Wildman–Crippen LogP) is 5.45. The highest BCUT2D eigenvalue weighted by Crippen LogP contribution is 2.35. The lowest BCUT2D eigenvalue weighted by Gasteiger charge is -2.18. The van der Waals surface area contributed by atoms with E-state index in [1.54, 1.807) is 17.9 Å². The minimum Gasteiger partial charge on any atom is -0.489 e. The van der Waals surface area contributed by atoms with Crippen molar-refractivity contribution in [1.82, 2.24) is 0 Å². The number of amides is 1. The highest BCUT2D eigenvalue weighted by Gasteiger charge is 2.37. The number of aryl methyl sites for hydroxylation is 1. The summed E-state index contributed by atoms with van der Waals surface area (Å²) >= 11 is 0. The summed E-state index contributed by atoms with van der Waals surface area (Å²) in [6.07, 6.45) is 1.72. The van der Waals surface area contributed by atoms with Crippen LogP contribution in [0.25, 0.3) is 6.08 Å². The third-order valence-corrected chi connectivity index (χ3v) is 5.49. The van der Waals surface area contributed by atoms with Gasteiger partial charge in [0.15, 0.2) is 0 Å². The van der Waals surface area contributed by atoms with Crippen LogP contribution in [0.2, 0.25) is 0 Å². The fraction of sp³-hybridized carbons (Fsp3) is 0.143.